The van der Waals surface area contributed by atoms with Gasteiger partial charge in [-0.3, -0.25) is 13.9 Å². The molecule has 0 saturated heterocycles. The molecule has 0 radical (unpaired) electrons. The van der Waals surface area contributed by atoms with E-state index < -0.39 is 28.5 Å². The van der Waals surface area contributed by atoms with Gasteiger partial charge in [-0.25, -0.2) is 8.42 Å². The van der Waals surface area contributed by atoms with Gasteiger partial charge in [0.1, 0.15) is 12.6 Å². The zero-order valence-corrected chi connectivity index (χ0v) is 23.1. The Morgan fingerprint density at radius 2 is 1.38 bits per heavy atom. The third kappa shape index (κ3) is 6.57. The minimum atomic E-state index is -4.08. The van der Waals surface area contributed by atoms with Crippen molar-refractivity contribution in [3.8, 4) is 0 Å². The van der Waals surface area contributed by atoms with Crippen molar-refractivity contribution in [3.05, 3.63) is 94.5 Å². The van der Waals surface area contributed by atoms with Crippen LogP contribution < -0.4 is 9.62 Å². The number of nitrogens with one attached hydrogen (secondary N) is 1. The number of aryl methyl sites for hydroxylation is 4. The Balaban J connectivity index is 2.07. The van der Waals surface area contributed by atoms with Gasteiger partial charge in [0.05, 0.1) is 10.6 Å². The maximum Gasteiger partial charge on any atom is 0.264 e. The summed E-state index contributed by atoms with van der Waals surface area (Å²) in [6.07, 6.45) is 0. The number of nitrogens with zero attached hydrogens (tertiary/aromatic N) is 2. The molecule has 196 valence electrons. The quantitative estimate of drug-likeness (QED) is 0.455. The first-order valence-electron chi connectivity index (χ1n) is 12.2. The Labute approximate surface area is 220 Å². The van der Waals surface area contributed by atoms with Crippen molar-refractivity contribution in [3.63, 3.8) is 0 Å². The Bertz CT molecular complexity index is 1370. The number of rotatable bonds is 9. The predicted octanol–water partition coefficient (Wildman–Crippen LogP) is 4.28. The van der Waals surface area contributed by atoms with E-state index in [4.69, 9.17) is 0 Å². The van der Waals surface area contributed by atoms with Crippen molar-refractivity contribution in [2.45, 2.75) is 52.1 Å². The molecule has 0 spiro atoms. The molecule has 3 rings (SSSR count). The van der Waals surface area contributed by atoms with Crippen LogP contribution in [0.25, 0.3) is 0 Å². The molecule has 0 unspecified atom stereocenters. The smallest absolute Gasteiger partial charge is 0.264 e. The van der Waals surface area contributed by atoms with Gasteiger partial charge >= 0.3 is 0 Å². The van der Waals surface area contributed by atoms with Gasteiger partial charge in [0, 0.05) is 13.6 Å². The first kappa shape index (κ1) is 27.9. The third-order valence-corrected chi connectivity index (χ3v) is 8.18. The number of likely N-dealkylation sites (N-methyl/N-ethyl adjacent to an activating group) is 1. The fourth-order valence-electron chi connectivity index (χ4n) is 4.02. The van der Waals surface area contributed by atoms with Gasteiger partial charge in [-0.1, -0.05) is 59.7 Å². The number of sulfonamides is 1. The molecule has 0 aliphatic carbocycles. The first-order valence-corrected chi connectivity index (χ1v) is 13.6. The van der Waals surface area contributed by atoms with E-state index in [2.05, 4.69) is 5.32 Å². The number of anilines is 1. The molecule has 0 aromatic heterocycles. The van der Waals surface area contributed by atoms with Crippen LogP contribution in [0.2, 0.25) is 0 Å². The monoisotopic (exact) mass is 521 g/mol. The van der Waals surface area contributed by atoms with Crippen molar-refractivity contribution in [1.82, 2.24) is 10.2 Å². The van der Waals surface area contributed by atoms with Gasteiger partial charge in [0.2, 0.25) is 11.8 Å². The van der Waals surface area contributed by atoms with Gasteiger partial charge in [0.15, 0.2) is 0 Å². The standard InChI is InChI=1S/C29H35N3O4S/c1-20-8-13-25(14-9-20)18-31(24(5)29(34)30-6)28(33)19-32(27-17-22(3)7-12-23(27)4)37(35,36)26-15-10-21(2)11-16-26/h7-17,24H,18-19H2,1-6H3,(H,30,34)/t24-/m1/s1. The predicted molar refractivity (Wildman–Crippen MR) is 147 cm³/mol. The summed E-state index contributed by atoms with van der Waals surface area (Å²) in [5, 5.41) is 2.59. The Hall–Kier alpha value is -3.65. The summed E-state index contributed by atoms with van der Waals surface area (Å²) in [6, 6.07) is 18.9. The maximum absolute atomic E-state index is 13.9. The molecule has 3 aromatic rings. The van der Waals surface area contributed by atoms with Crippen LogP contribution in [0.3, 0.4) is 0 Å². The molecule has 0 heterocycles. The van der Waals surface area contributed by atoms with Crippen LogP contribution in [-0.2, 0) is 26.2 Å². The molecule has 3 aromatic carbocycles. The second kappa shape index (κ2) is 11.6. The van der Waals surface area contributed by atoms with Gasteiger partial charge in [-0.2, -0.15) is 0 Å². The largest absolute Gasteiger partial charge is 0.357 e. The van der Waals surface area contributed by atoms with Gasteiger partial charge < -0.3 is 10.2 Å². The second-order valence-electron chi connectivity index (χ2n) is 9.41. The van der Waals surface area contributed by atoms with E-state index in [-0.39, 0.29) is 17.3 Å². The molecule has 1 atom stereocenters. The Kier molecular flexibility index (Phi) is 8.76. The summed E-state index contributed by atoms with van der Waals surface area (Å²) in [5.41, 5.74) is 4.86. The zero-order valence-electron chi connectivity index (χ0n) is 22.3. The molecule has 1 N–H and O–H groups in total. The van der Waals surface area contributed by atoms with Gasteiger partial charge in [-0.15, -0.1) is 0 Å². The maximum atomic E-state index is 13.9. The topological polar surface area (TPSA) is 86.8 Å². The molecule has 0 bridgehead atoms. The first-order chi connectivity index (χ1) is 17.4. The number of carbonyl (C=O) groups is 2. The summed E-state index contributed by atoms with van der Waals surface area (Å²) >= 11 is 0. The summed E-state index contributed by atoms with van der Waals surface area (Å²) in [4.78, 5) is 27.9. The number of hydrogen-bond acceptors (Lipinski definition) is 4. The second-order valence-corrected chi connectivity index (χ2v) is 11.3. The normalized spacial score (nSPS) is 12.1. The lowest BCUT2D eigenvalue weighted by Crippen LogP contribution is -2.50. The number of benzene rings is 3. The highest BCUT2D eigenvalue weighted by Crippen LogP contribution is 2.28. The van der Waals surface area contributed by atoms with E-state index in [1.165, 1.54) is 11.9 Å². The molecule has 2 amide bonds. The van der Waals surface area contributed by atoms with Crippen LogP contribution in [-0.4, -0.2) is 44.8 Å². The molecular formula is C29H35N3O4S. The van der Waals surface area contributed by atoms with E-state index in [1.807, 2.05) is 64.1 Å². The van der Waals surface area contributed by atoms with Crippen molar-refractivity contribution < 1.29 is 18.0 Å². The van der Waals surface area contributed by atoms with Crippen LogP contribution in [0.5, 0.6) is 0 Å². The molecule has 8 heteroatoms. The molecule has 7 nitrogen and oxygen atoms in total. The van der Waals surface area contributed by atoms with E-state index in [1.54, 1.807) is 37.3 Å². The van der Waals surface area contributed by atoms with Crippen LogP contribution >= 0.6 is 0 Å². The molecule has 0 saturated carbocycles. The fourth-order valence-corrected chi connectivity index (χ4v) is 5.49. The van der Waals surface area contributed by atoms with Crippen LogP contribution in [0.15, 0.2) is 71.6 Å². The van der Waals surface area contributed by atoms with E-state index in [9.17, 15) is 18.0 Å². The van der Waals surface area contributed by atoms with Crippen molar-refractivity contribution in [2.24, 2.45) is 0 Å². The van der Waals surface area contributed by atoms with Gasteiger partial charge in [-0.05, 0) is 69.5 Å². The minimum absolute atomic E-state index is 0.0937. The summed E-state index contributed by atoms with van der Waals surface area (Å²) in [6.45, 7) is 8.89. The summed E-state index contributed by atoms with van der Waals surface area (Å²) in [7, 11) is -2.57. The minimum Gasteiger partial charge on any atom is -0.357 e. The highest BCUT2D eigenvalue weighted by atomic mass is 32.2. The summed E-state index contributed by atoms with van der Waals surface area (Å²) in [5.74, 6) is -0.812. The summed E-state index contributed by atoms with van der Waals surface area (Å²) < 4.78 is 28.9. The average Bonchev–Trinajstić information content (AvgIpc) is 2.87. The van der Waals surface area contributed by atoms with Crippen molar-refractivity contribution in [2.75, 3.05) is 17.9 Å². The van der Waals surface area contributed by atoms with E-state index in [0.717, 1.165) is 32.1 Å². The highest BCUT2D eigenvalue weighted by Gasteiger charge is 2.33. The van der Waals surface area contributed by atoms with Crippen molar-refractivity contribution >= 4 is 27.5 Å². The van der Waals surface area contributed by atoms with Crippen LogP contribution in [0.4, 0.5) is 5.69 Å². The zero-order chi connectivity index (χ0) is 27.3. The lowest BCUT2D eigenvalue weighted by molar-refractivity contribution is -0.139. The lowest BCUT2D eigenvalue weighted by Gasteiger charge is -2.32. The lowest BCUT2D eigenvalue weighted by atomic mass is 10.1. The highest BCUT2D eigenvalue weighted by molar-refractivity contribution is 7.92. The fraction of sp³-hybridized carbons (Fsp3) is 0.310. The molecular weight excluding hydrogens is 486 g/mol. The average molecular weight is 522 g/mol. The third-order valence-electron chi connectivity index (χ3n) is 6.41. The Morgan fingerprint density at radius 1 is 0.838 bits per heavy atom. The van der Waals surface area contributed by atoms with Gasteiger partial charge in [0.25, 0.3) is 10.0 Å². The van der Waals surface area contributed by atoms with Crippen LogP contribution in [0, 0.1) is 27.7 Å². The van der Waals surface area contributed by atoms with E-state index in [0.29, 0.717) is 5.69 Å². The molecule has 37 heavy (non-hydrogen) atoms. The molecule has 0 fully saturated rings. The molecule has 0 aliphatic rings. The van der Waals surface area contributed by atoms with Crippen molar-refractivity contribution in [1.29, 1.82) is 0 Å². The number of hydrogen-bond donors (Lipinski definition) is 1. The number of amides is 2. The Morgan fingerprint density at radius 3 is 1.95 bits per heavy atom. The number of carbonyl (C=O) groups excluding carboxylic acids is 2. The SMILES string of the molecule is CNC(=O)[C@@H](C)N(Cc1ccc(C)cc1)C(=O)CN(c1cc(C)ccc1C)S(=O)(=O)c1ccc(C)cc1. The molecule has 0 aliphatic heterocycles. The van der Waals surface area contributed by atoms with E-state index >= 15 is 0 Å². The van der Waals surface area contributed by atoms with Crippen LogP contribution in [0.1, 0.15) is 34.7 Å².